The average Bonchev–Trinajstić information content (AvgIpc) is 2.41. The second kappa shape index (κ2) is 4.52. The van der Waals surface area contributed by atoms with Crippen LogP contribution in [0.25, 0.3) is 5.52 Å². The molecule has 1 N–H and O–H groups in total. The van der Waals surface area contributed by atoms with E-state index in [4.69, 9.17) is 0 Å². The van der Waals surface area contributed by atoms with Gasteiger partial charge in [-0.25, -0.2) is 0 Å². The van der Waals surface area contributed by atoms with E-state index in [0.717, 1.165) is 11.2 Å². The number of hydrogen-bond donors (Lipinski definition) is 1. The Morgan fingerprint density at radius 3 is 2.85 bits per heavy atom. The number of nitrogens with one attached hydrogen (secondary N) is 1. The van der Waals surface area contributed by atoms with Crippen LogP contribution in [0.3, 0.4) is 0 Å². The molecular formula is C15H15N3O2. The highest BCUT2D eigenvalue weighted by atomic mass is 16.2. The fourth-order valence-corrected chi connectivity index (χ4v) is 2.59. The van der Waals surface area contributed by atoms with Gasteiger partial charge in [-0.1, -0.05) is 12.6 Å². The number of carbonyl (C=O) groups excluding carboxylic acids is 1. The van der Waals surface area contributed by atoms with Crippen LogP contribution in [0, 0.1) is 6.92 Å². The van der Waals surface area contributed by atoms with Gasteiger partial charge in [0.15, 0.2) is 0 Å². The molecule has 2 aromatic rings. The molecule has 3 heterocycles. The summed E-state index contributed by atoms with van der Waals surface area (Å²) in [6.07, 6.45) is 2.27. The topological polar surface area (TPSA) is 53.8 Å². The summed E-state index contributed by atoms with van der Waals surface area (Å²) < 4.78 is 1.96. The van der Waals surface area contributed by atoms with E-state index in [0.29, 0.717) is 24.5 Å². The average molecular weight is 269 g/mol. The minimum atomic E-state index is -0.0650. The first kappa shape index (κ1) is 12.5. The number of aromatic nitrogens is 1. The van der Waals surface area contributed by atoms with Crippen molar-refractivity contribution in [2.45, 2.75) is 13.3 Å². The molecular weight excluding hydrogens is 254 g/mol. The Labute approximate surface area is 116 Å². The van der Waals surface area contributed by atoms with Crippen LogP contribution in [0.4, 0.5) is 5.69 Å². The highest BCUT2D eigenvalue weighted by Crippen LogP contribution is 2.21. The fourth-order valence-electron chi connectivity index (χ4n) is 2.59. The third-order valence-corrected chi connectivity index (χ3v) is 3.55. The molecule has 3 rings (SSSR count). The van der Waals surface area contributed by atoms with Crippen LogP contribution in [-0.2, 0) is 4.79 Å². The van der Waals surface area contributed by atoms with Crippen molar-refractivity contribution in [1.82, 2.24) is 9.72 Å². The third kappa shape index (κ3) is 1.87. The first-order valence-electron chi connectivity index (χ1n) is 6.45. The van der Waals surface area contributed by atoms with Gasteiger partial charge in [-0.15, -0.1) is 0 Å². The predicted molar refractivity (Wildman–Crippen MR) is 77.6 cm³/mol. The molecule has 1 fully saturated rings. The maximum atomic E-state index is 12.4. The Morgan fingerprint density at radius 2 is 2.10 bits per heavy atom. The van der Waals surface area contributed by atoms with Gasteiger partial charge in [0.1, 0.15) is 11.5 Å². The lowest BCUT2D eigenvalue weighted by atomic mass is 10.2. The largest absolute Gasteiger partial charge is 0.323 e. The minimum Gasteiger partial charge on any atom is -0.323 e. The number of carbonyl (C=O) groups is 1. The number of nitrogens with zero attached hydrogens (tertiary/aromatic N) is 2. The van der Waals surface area contributed by atoms with E-state index in [9.17, 15) is 9.59 Å². The number of anilines is 1. The molecule has 0 aliphatic carbocycles. The van der Waals surface area contributed by atoms with Gasteiger partial charge in [0.05, 0.1) is 0 Å². The first-order chi connectivity index (χ1) is 9.58. The van der Waals surface area contributed by atoms with Gasteiger partial charge in [-0.3, -0.25) is 9.59 Å². The lowest BCUT2D eigenvalue weighted by Gasteiger charge is -2.31. The smallest absolute Gasteiger partial charge is 0.227 e. The van der Waals surface area contributed by atoms with Crippen LogP contribution in [-0.4, -0.2) is 16.9 Å². The molecule has 1 amide bonds. The Hall–Kier alpha value is -2.56. The van der Waals surface area contributed by atoms with Gasteiger partial charge < -0.3 is 14.6 Å². The molecule has 0 unspecified atom stereocenters. The summed E-state index contributed by atoms with van der Waals surface area (Å²) in [6, 6.07) is 7.31. The van der Waals surface area contributed by atoms with Crippen LogP contribution >= 0.6 is 0 Å². The monoisotopic (exact) mass is 269 g/mol. The predicted octanol–water partition coefficient (Wildman–Crippen LogP) is 1.41. The highest BCUT2D eigenvalue weighted by molar-refractivity contribution is 5.81. The summed E-state index contributed by atoms with van der Waals surface area (Å²) in [4.78, 5) is 25.5. The van der Waals surface area contributed by atoms with E-state index in [2.05, 4.69) is 11.9 Å². The fraction of sp³-hybridized carbons (Fsp3) is 0.200. The van der Waals surface area contributed by atoms with Crippen molar-refractivity contribution in [3.8, 4) is 0 Å². The van der Waals surface area contributed by atoms with Gasteiger partial charge in [-0.2, -0.15) is 0 Å². The van der Waals surface area contributed by atoms with Crippen molar-refractivity contribution in [2.24, 2.45) is 0 Å². The Balaban J connectivity index is 2.19. The summed E-state index contributed by atoms with van der Waals surface area (Å²) in [5.41, 5.74) is 2.19. The summed E-state index contributed by atoms with van der Waals surface area (Å²) in [6.45, 7) is 6.20. The van der Waals surface area contributed by atoms with Gasteiger partial charge in [0.2, 0.25) is 11.3 Å². The molecule has 1 aliphatic rings. The van der Waals surface area contributed by atoms with Crippen LogP contribution < -0.4 is 15.6 Å². The number of amides is 1. The molecule has 20 heavy (non-hydrogen) atoms. The maximum absolute atomic E-state index is 12.4. The van der Waals surface area contributed by atoms with Gasteiger partial charge in [0, 0.05) is 36.4 Å². The third-order valence-electron chi connectivity index (χ3n) is 3.55. The van der Waals surface area contributed by atoms with Crippen molar-refractivity contribution in [3.63, 3.8) is 0 Å². The molecule has 0 atom stereocenters. The van der Waals surface area contributed by atoms with Gasteiger partial charge in [-0.05, 0) is 19.1 Å². The zero-order chi connectivity index (χ0) is 14.3. The molecule has 5 heteroatoms. The summed E-state index contributed by atoms with van der Waals surface area (Å²) in [7, 11) is 0. The molecule has 5 nitrogen and oxygen atoms in total. The van der Waals surface area contributed by atoms with Crippen molar-refractivity contribution in [2.75, 3.05) is 11.4 Å². The van der Waals surface area contributed by atoms with Crippen molar-refractivity contribution < 1.29 is 4.79 Å². The molecule has 2 aromatic heterocycles. The second-order valence-electron chi connectivity index (χ2n) is 4.83. The first-order valence-corrected chi connectivity index (χ1v) is 6.45. The molecule has 102 valence electrons. The van der Waals surface area contributed by atoms with E-state index in [1.807, 2.05) is 35.7 Å². The van der Waals surface area contributed by atoms with Gasteiger partial charge >= 0.3 is 0 Å². The Morgan fingerprint density at radius 1 is 1.30 bits per heavy atom. The zero-order valence-corrected chi connectivity index (χ0v) is 11.2. The molecule has 0 saturated carbocycles. The summed E-state index contributed by atoms with van der Waals surface area (Å²) in [5.74, 6) is 0.391. The second-order valence-corrected chi connectivity index (χ2v) is 4.83. The molecule has 0 spiro atoms. The number of pyridine rings is 2. The standard InChI is InChI=1S/C15H15N3O2/c1-10-15(18-8-6-14(20)16-11(18)2)13(19)9-12-5-3-4-7-17(10)12/h3-5,7,9H,2,6,8H2,1H3,(H,16,20). The summed E-state index contributed by atoms with van der Waals surface area (Å²) in [5, 5.41) is 2.67. The zero-order valence-electron chi connectivity index (χ0n) is 11.2. The van der Waals surface area contributed by atoms with Crippen molar-refractivity contribution in [3.05, 3.63) is 58.8 Å². The summed E-state index contributed by atoms with van der Waals surface area (Å²) >= 11 is 0. The number of rotatable bonds is 1. The lowest BCUT2D eigenvalue weighted by molar-refractivity contribution is -0.120. The quantitative estimate of drug-likeness (QED) is 0.851. The van der Waals surface area contributed by atoms with Crippen LogP contribution in [0.1, 0.15) is 12.1 Å². The van der Waals surface area contributed by atoms with E-state index < -0.39 is 0 Å². The number of fused-ring (bicyclic) bond motifs is 1. The maximum Gasteiger partial charge on any atom is 0.227 e. The SMILES string of the molecule is C=C1NC(=O)CCN1c1c(C)n2ccccc2cc1=O. The normalized spacial score (nSPS) is 15.6. The van der Waals surface area contributed by atoms with E-state index in [1.54, 1.807) is 11.0 Å². The van der Waals surface area contributed by atoms with Crippen LogP contribution in [0.5, 0.6) is 0 Å². The Kier molecular flexibility index (Phi) is 2.82. The minimum absolute atomic E-state index is 0.0639. The molecule has 0 bridgehead atoms. The molecule has 0 radical (unpaired) electrons. The number of aryl methyl sites for hydroxylation is 1. The number of hydrogen-bond acceptors (Lipinski definition) is 3. The van der Waals surface area contributed by atoms with Crippen molar-refractivity contribution >= 4 is 17.1 Å². The van der Waals surface area contributed by atoms with Crippen LogP contribution in [0.2, 0.25) is 0 Å². The molecule has 1 aliphatic heterocycles. The van der Waals surface area contributed by atoms with E-state index in [1.165, 1.54) is 0 Å². The van der Waals surface area contributed by atoms with Crippen molar-refractivity contribution in [1.29, 1.82) is 0 Å². The van der Waals surface area contributed by atoms with Gasteiger partial charge in [0.25, 0.3) is 0 Å². The van der Waals surface area contributed by atoms with Crippen LogP contribution in [0.15, 0.2) is 47.7 Å². The van der Waals surface area contributed by atoms with E-state index in [-0.39, 0.29) is 11.3 Å². The Bertz CT molecular complexity index is 776. The lowest BCUT2D eigenvalue weighted by Crippen LogP contribution is -2.44. The molecule has 1 saturated heterocycles. The highest BCUT2D eigenvalue weighted by Gasteiger charge is 2.23. The molecule has 0 aromatic carbocycles. The van der Waals surface area contributed by atoms with E-state index >= 15 is 0 Å².